The van der Waals surface area contributed by atoms with E-state index in [4.69, 9.17) is 22.6 Å². The molecule has 16 amide bonds. The van der Waals surface area contributed by atoms with Crippen LogP contribution in [0.1, 0.15) is 154 Å². The number of fused-ring (bicyclic) bond motifs is 4. The molecular formula is C92H132N22O20S. The number of nitrogens with zero attached hydrogens (tertiary/aromatic N) is 5. The van der Waals surface area contributed by atoms with Gasteiger partial charge < -0.3 is 125 Å². The first-order chi connectivity index (χ1) is 64.4. The predicted octanol–water partition coefficient (Wildman–Crippen LogP) is -0.971. The molecule has 43 heteroatoms. The number of unbranched alkanes of at least 4 members (excludes halogenated alkanes) is 3. The van der Waals surface area contributed by atoms with Crippen LogP contribution >= 0.6 is 11.8 Å². The van der Waals surface area contributed by atoms with E-state index in [2.05, 4.69) is 75.0 Å². The first-order valence-electron chi connectivity index (χ1n) is 45.8. The number of nitrogens with one attached hydrogen (secondary N) is 14. The number of nitrogens with two attached hydrogens (primary N) is 3. The molecule has 0 saturated carbocycles. The third kappa shape index (κ3) is 30.7. The van der Waals surface area contributed by atoms with Crippen molar-refractivity contribution in [3.8, 4) is 5.75 Å². The average molecular weight is 1900 g/mol. The second kappa shape index (κ2) is 52.5. The maximum absolute atomic E-state index is 15.8. The van der Waals surface area contributed by atoms with Crippen LogP contribution < -0.4 is 75.7 Å². The second-order valence-corrected chi connectivity index (χ2v) is 35.7. The number of guanidine groups is 1. The molecule has 8 rings (SSSR count). The highest BCUT2D eigenvalue weighted by atomic mass is 32.2. The Morgan fingerprint density at radius 2 is 1.03 bits per heavy atom. The number of para-hydroxylation sites is 2. The highest BCUT2D eigenvalue weighted by molar-refractivity contribution is 8.00. The number of H-pyrrole nitrogens is 2. The molecule has 14 atom stereocenters. The number of rotatable bonds is 29. The lowest BCUT2D eigenvalue weighted by atomic mass is 10.00. The monoisotopic (exact) mass is 1900 g/mol. The van der Waals surface area contributed by atoms with Gasteiger partial charge in [0.2, 0.25) is 94.5 Å². The maximum atomic E-state index is 15.8. The van der Waals surface area contributed by atoms with Gasteiger partial charge in [-0.2, -0.15) is 0 Å². The number of aliphatic carboxylic acids is 1. The van der Waals surface area contributed by atoms with Gasteiger partial charge in [-0.3, -0.25) is 86.9 Å². The number of carbonyl (C=O) groups excluding carboxylic acids is 16. The van der Waals surface area contributed by atoms with Crippen LogP contribution in [0.15, 0.2) is 97.8 Å². The van der Waals surface area contributed by atoms with Crippen molar-refractivity contribution in [1.82, 2.24) is 93.0 Å². The van der Waals surface area contributed by atoms with Crippen molar-refractivity contribution in [2.45, 2.75) is 241 Å². The van der Waals surface area contributed by atoms with Crippen LogP contribution in [-0.4, -0.2) is 313 Å². The summed E-state index contributed by atoms with van der Waals surface area (Å²) in [7, 11) is 3.87. The molecule has 736 valence electrons. The fourth-order valence-electron chi connectivity index (χ4n) is 16.9. The number of carboxylic acid groups (broad SMARTS) is 1. The number of aliphatic hydroxyl groups is 1. The molecule has 5 aromatic rings. The molecule has 23 N–H and O–H groups in total. The molecule has 0 radical (unpaired) electrons. The number of aliphatic hydroxyl groups excluding tert-OH is 1. The third-order valence-electron chi connectivity index (χ3n) is 24.2. The lowest BCUT2D eigenvalue weighted by molar-refractivity contribution is -0.149. The topological polar surface area (TPSA) is 633 Å². The van der Waals surface area contributed by atoms with Crippen LogP contribution in [0, 0.1) is 11.3 Å². The molecule has 2 aromatic heterocycles. The standard InChI is InChI=1S/C92H132N22O20S/c1-9-12-29-71-84(127)102-62(28-20-38-97-92(95)96)80(123)109-69(78(121)100-48-75(94)117)50-135-51-76(118)101-65(42-53-33-35-56(116)36-34-53)87(130)110(6)70(11-3)83(126)107-67(45-77(119)120)90(133)114-40-21-31-72(114)85(128)103-61(27-18-19-37-93)79(122)105-64(41-52(4)5)89(132)113-39-22-32-73(113)86(129)104-63(43-54-46-98-59-25-16-14-23-57(54)59)81(124)108-68(49-115)82(125)106-66(44-55-47-99-60-26-17-15-24-58(55)60)88(131)112(8)74(30-13-10-2)91(134)111(71)7/h11,14-17,23-26,33-36,46-47,52,61-74,98-99,115-116H,3,9-10,12-13,18-22,27-32,37-45,48-51,93H2,1-2,4-8H3,(H2,94,117)(H,100,121)(H,101,118)(H,102,127)(H,103,128)(H,104,129)(H,105,122)(H,106,125)(H,107,126)(H,108,124)(H,109,123)(H,119,120)(H4,95,96,97)/t61-,62-,63-,64-,65-,66-,67-,68-,69-,70-,71-,72-,73-,74-/m0/s1. The molecule has 3 aromatic carbocycles. The molecule has 0 bridgehead atoms. The summed E-state index contributed by atoms with van der Waals surface area (Å²) in [4.78, 5) is 262. The summed E-state index contributed by atoms with van der Waals surface area (Å²) in [5.41, 5.74) is 19.7. The van der Waals surface area contributed by atoms with E-state index in [1.165, 1.54) is 43.3 Å². The summed E-state index contributed by atoms with van der Waals surface area (Å²) in [6, 6.07) is -1.83. The van der Waals surface area contributed by atoms with E-state index in [-0.39, 0.29) is 128 Å². The van der Waals surface area contributed by atoms with Crippen molar-refractivity contribution in [1.29, 1.82) is 5.41 Å². The molecule has 0 spiro atoms. The first-order valence-corrected chi connectivity index (χ1v) is 47.0. The van der Waals surface area contributed by atoms with E-state index in [1.807, 2.05) is 13.8 Å². The SMILES string of the molecule is C=C[C@H]1C(=O)N[C@@H](CC(=O)O)C(=O)N2CCC[C@H]2C(=O)N[C@@H](CCCCN)C(=O)N[C@@H](CC(C)C)C(=O)N2CCC[C@H]2C(=O)N[C@@H](Cc2c[nH]c3ccccc23)C(=O)N[C@@H](CO)C(=O)N[C@@H](Cc2c[nH]c3ccccc23)C(=O)N(C)[C@@H](CCCC)C(=O)N(C)[C@@H](CCCC)C(=O)N[C@@H](CCCNC(=N)N)C(=O)N[C@H](C(=O)NCC(N)=O)CSCC(=O)N[C@@H](Cc2ccc(O)cc2)C(=O)N1C. The van der Waals surface area contributed by atoms with Gasteiger partial charge in [0.1, 0.15) is 90.3 Å². The van der Waals surface area contributed by atoms with Gasteiger partial charge in [0.15, 0.2) is 5.96 Å². The fraction of sp³-hybridized carbons (Fsp3) is 0.543. The average Bonchev–Trinajstić information content (AvgIpc) is 1.71. The van der Waals surface area contributed by atoms with Gasteiger partial charge in [0.05, 0.1) is 25.3 Å². The summed E-state index contributed by atoms with van der Waals surface area (Å²) < 4.78 is 0. The number of phenols is 1. The summed E-state index contributed by atoms with van der Waals surface area (Å²) >= 11 is 0.747. The van der Waals surface area contributed by atoms with Crippen molar-refractivity contribution in [3.63, 3.8) is 0 Å². The van der Waals surface area contributed by atoms with Crippen LogP contribution in [0.3, 0.4) is 0 Å². The Balaban J connectivity index is 1.20. The molecule has 42 nitrogen and oxygen atoms in total. The zero-order valence-corrected chi connectivity index (χ0v) is 78.3. The number of aromatic amines is 2. The summed E-state index contributed by atoms with van der Waals surface area (Å²) in [5, 5.41) is 70.1. The Morgan fingerprint density at radius 1 is 0.541 bits per heavy atom. The lowest BCUT2D eigenvalue weighted by Crippen LogP contribution is -2.61. The van der Waals surface area contributed by atoms with Gasteiger partial charge in [0.25, 0.3) is 0 Å². The van der Waals surface area contributed by atoms with Crippen LogP contribution in [-0.2, 0) is 101 Å². The van der Waals surface area contributed by atoms with Gasteiger partial charge in [-0.05, 0) is 130 Å². The van der Waals surface area contributed by atoms with Crippen LogP contribution in [0.2, 0.25) is 0 Å². The smallest absolute Gasteiger partial charge is 0.305 e. The number of benzene rings is 3. The number of aromatic hydroxyl groups is 1. The van der Waals surface area contributed by atoms with E-state index >= 15 is 33.6 Å². The van der Waals surface area contributed by atoms with E-state index < -0.39 is 222 Å². The number of phenolic OH excluding ortho intramolecular Hbond substituents is 1. The zero-order chi connectivity index (χ0) is 98.9. The number of primary amides is 1. The van der Waals surface area contributed by atoms with Gasteiger partial charge in [-0.15, -0.1) is 18.3 Å². The molecule has 0 aliphatic carbocycles. The fourth-order valence-corrected chi connectivity index (χ4v) is 17.7. The lowest BCUT2D eigenvalue weighted by Gasteiger charge is -2.36. The molecule has 3 fully saturated rings. The molecular weight excluding hydrogens is 1770 g/mol. The van der Waals surface area contributed by atoms with Crippen molar-refractivity contribution >= 4 is 140 Å². The third-order valence-corrected chi connectivity index (χ3v) is 25.2. The summed E-state index contributed by atoms with van der Waals surface area (Å²) in [6.07, 6.45) is 4.95. The van der Waals surface area contributed by atoms with Gasteiger partial charge >= 0.3 is 5.97 Å². The molecule has 3 aliphatic rings. The van der Waals surface area contributed by atoms with Crippen LogP contribution in [0.25, 0.3) is 21.8 Å². The largest absolute Gasteiger partial charge is 0.508 e. The minimum Gasteiger partial charge on any atom is -0.508 e. The van der Waals surface area contributed by atoms with Crippen molar-refractivity contribution in [2.24, 2.45) is 23.1 Å². The van der Waals surface area contributed by atoms with E-state index in [0.717, 1.165) is 44.5 Å². The molecule has 3 aliphatic heterocycles. The number of thioether (sulfide) groups is 1. The number of carboxylic acids is 1. The number of hydrogen-bond donors (Lipinski definition) is 20. The second-order valence-electron chi connectivity index (χ2n) is 34.7. The summed E-state index contributed by atoms with van der Waals surface area (Å²) in [5.74, 6) is -18.2. The minimum absolute atomic E-state index is 0.00164. The van der Waals surface area contributed by atoms with Crippen molar-refractivity contribution in [3.05, 3.63) is 115 Å². The molecule has 5 heterocycles. The number of hydrogen-bond acceptors (Lipinski definition) is 22. The maximum Gasteiger partial charge on any atom is 0.305 e. The van der Waals surface area contributed by atoms with Gasteiger partial charge in [-0.25, -0.2) is 0 Å². The highest BCUT2D eigenvalue weighted by Crippen LogP contribution is 2.28. The van der Waals surface area contributed by atoms with Gasteiger partial charge in [0, 0.05) is 100.0 Å². The van der Waals surface area contributed by atoms with E-state index in [1.54, 1.807) is 74.8 Å². The first kappa shape index (κ1) is 107. The highest BCUT2D eigenvalue weighted by Gasteiger charge is 2.46. The van der Waals surface area contributed by atoms with Gasteiger partial charge in [-0.1, -0.05) is 108 Å². The minimum atomic E-state index is -1.92. The molecule has 135 heavy (non-hydrogen) atoms. The quantitative estimate of drug-likeness (QED) is 0.0118. The Labute approximate surface area is 787 Å². The van der Waals surface area contributed by atoms with Crippen molar-refractivity contribution < 1.29 is 96.8 Å². The molecule has 0 unspecified atom stereocenters. The van der Waals surface area contributed by atoms with Crippen molar-refractivity contribution in [2.75, 3.05) is 72.0 Å². The Morgan fingerprint density at radius 3 is 1.59 bits per heavy atom. The number of carbonyl (C=O) groups is 17. The number of amides is 16. The number of likely N-dealkylation sites (N-methyl/N-ethyl adjacent to an activating group) is 3. The van der Waals surface area contributed by atoms with Crippen LogP contribution in [0.5, 0.6) is 5.75 Å². The van der Waals surface area contributed by atoms with Crippen LogP contribution in [0.4, 0.5) is 0 Å². The Kier molecular flexibility index (Phi) is 41.6. The Bertz CT molecular complexity index is 5030. The summed E-state index contributed by atoms with van der Waals surface area (Å²) in [6.45, 7) is 9.23. The zero-order valence-electron chi connectivity index (χ0n) is 77.5. The molecule has 3 saturated heterocycles. The Hall–Kier alpha value is -13.2. The van der Waals surface area contributed by atoms with E-state index in [9.17, 15) is 63.3 Å². The van der Waals surface area contributed by atoms with E-state index in [0.29, 0.717) is 70.6 Å². The normalized spacial score (nSPS) is 24.2. The predicted molar refractivity (Wildman–Crippen MR) is 502 cm³/mol. The number of aromatic nitrogens is 2.